The number of aryl methyl sites for hydroxylation is 1. The predicted molar refractivity (Wildman–Crippen MR) is 63.1 cm³/mol. The fraction of sp³-hybridized carbons (Fsp3) is 0.364. The van der Waals surface area contributed by atoms with Gasteiger partial charge in [-0.05, 0) is 35.7 Å². The number of rotatable bonds is 5. The summed E-state index contributed by atoms with van der Waals surface area (Å²) in [7, 11) is 0. The molecule has 0 spiro atoms. The second kappa shape index (κ2) is 6.02. The van der Waals surface area contributed by atoms with E-state index in [9.17, 15) is 15.0 Å². The number of benzene rings is 1. The molecule has 1 aromatic rings. The Hall–Kier alpha value is -2.08. The molecule has 18 heavy (non-hydrogen) atoms. The number of carboxylic acids is 1. The maximum absolute atomic E-state index is 10.7. The van der Waals surface area contributed by atoms with Gasteiger partial charge in [-0.2, -0.15) is 0 Å². The third-order valence-electron chi connectivity index (χ3n) is 2.53. The summed E-state index contributed by atoms with van der Waals surface area (Å²) in [5, 5.41) is 31.4. The van der Waals surface area contributed by atoms with Gasteiger partial charge >= 0.3 is 5.97 Å². The van der Waals surface area contributed by atoms with E-state index in [0.717, 1.165) is 0 Å². The third-order valence-corrected chi connectivity index (χ3v) is 2.53. The highest BCUT2D eigenvalue weighted by atomic mass is 16.4. The van der Waals surface area contributed by atoms with E-state index in [2.05, 4.69) is 10.0 Å². The summed E-state index contributed by atoms with van der Waals surface area (Å²) < 4.78 is 0. The van der Waals surface area contributed by atoms with E-state index in [1.54, 1.807) is 6.92 Å². The van der Waals surface area contributed by atoms with Crippen LogP contribution in [-0.4, -0.2) is 33.9 Å². The van der Waals surface area contributed by atoms with Crippen LogP contribution in [0.3, 0.4) is 0 Å². The SMILES string of the molecule is Cc1cc(C(=O)O)ccc1C(O)C(O)CN=[N+]=[N-]. The van der Waals surface area contributed by atoms with Crippen molar-refractivity contribution >= 4 is 5.97 Å². The van der Waals surface area contributed by atoms with E-state index in [0.29, 0.717) is 11.1 Å². The molecule has 0 heterocycles. The van der Waals surface area contributed by atoms with Crippen LogP contribution in [0.1, 0.15) is 27.6 Å². The molecule has 0 fully saturated rings. The molecule has 0 radical (unpaired) electrons. The highest BCUT2D eigenvalue weighted by Gasteiger charge is 2.20. The van der Waals surface area contributed by atoms with Gasteiger partial charge in [-0.15, -0.1) is 0 Å². The molecule has 7 heteroatoms. The van der Waals surface area contributed by atoms with Gasteiger partial charge in [0.25, 0.3) is 0 Å². The molecule has 1 aromatic carbocycles. The molecule has 0 bridgehead atoms. The lowest BCUT2D eigenvalue weighted by Gasteiger charge is -2.18. The minimum atomic E-state index is -1.23. The Morgan fingerprint density at radius 2 is 2.17 bits per heavy atom. The zero-order chi connectivity index (χ0) is 13.7. The van der Waals surface area contributed by atoms with Crippen molar-refractivity contribution in [3.8, 4) is 0 Å². The number of carboxylic acid groups (broad SMARTS) is 1. The highest BCUT2D eigenvalue weighted by Crippen LogP contribution is 2.22. The highest BCUT2D eigenvalue weighted by molar-refractivity contribution is 5.87. The lowest BCUT2D eigenvalue weighted by Crippen LogP contribution is -2.22. The Balaban J connectivity index is 2.95. The molecular formula is C11H13N3O4. The number of hydrogen-bond acceptors (Lipinski definition) is 4. The maximum atomic E-state index is 10.7. The average Bonchev–Trinajstić information content (AvgIpc) is 2.34. The van der Waals surface area contributed by atoms with Crippen LogP contribution in [0.5, 0.6) is 0 Å². The minimum absolute atomic E-state index is 0.105. The maximum Gasteiger partial charge on any atom is 0.335 e. The van der Waals surface area contributed by atoms with Crippen LogP contribution in [0.15, 0.2) is 23.3 Å². The lowest BCUT2D eigenvalue weighted by molar-refractivity contribution is 0.0240. The Labute approximate surface area is 103 Å². The first-order valence-corrected chi connectivity index (χ1v) is 5.18. The smallest absolute Gasteiger partial charge is 0.335 e. The summed E-state index contributed by atoms with van der Waals surface area (Å²) in [5.41, 5.74) is 9.17. The van der Waals surface area contributed by atoms with Crippen molar-refractivity contribution in [2.45, 2.75) is 19.1 Å². The van der Waals surface area contributed by atoms with E-state index >= 15 is 0 Å². The predicted octanol–water partition coefficient (Wildman–Crippen LogP) is 1.40. The molecule has 0 aliphatic carbocycles. The van der Waals surface area contributed by atoms with Gasteiger partial charge in [0.1, 0.15) is 6.10 Å². The Bertz CT molecular complexity index is 497. The zero-order valence-electron chi connectivity index (χ0n) is 9.69. The van der Waals surface area contributed by atoms with Crippen molar-refractivity contribution in [1.29, 1.82) is 0 Å². The molecule has 0 aliphatic heterocycles. The summed E-state index contributed by atoms with van der Waals surface area (Å²) in [4.78, 5) is 13.2. The summed E-state index contributed by atoms with van der Waals surface area (Å²) >= 11 is 0. The quantitative estimate of drug-likeness (QED) is 0.415. The molecule has 0 saturated heterocycles. The first-order chi connectivity index (χ1) is 8.47. The van der Waals surface area contributed by atoms with Crippen LogP contribution in [-0.2, 0) is 0 Å². The van der Waals surface area contributed by atoms with Gasteiger partial charge in [-0.3, -0.25) is 0 Å². The molecule has 2 unspecified atom stereocenters. The number of nitrogens with zero attached hydrogens (tertiary/aromatic N) is 3. The Morgan fingerprint density at radius 3 is 2.67 bits per heavy atom. The summed E-state index contributed by atoms with van der Waals surface area (Å²) in [5.74, 6) is -1.06. The minimum Gasteiger partial charge on any atom is -0.478 e. The van der Waals surface area contributed by atoms with Gasteiger partial charge < -0.3 is 15.3 Å². The van der Waals surface area contributed by atoms with Crippen LogP contribution in [0, 0.1) is 6.92 Å². The molecule has 0 amide bonds. The molecule has 0 aromatic heterocycles. The van der Waals surface area contributed by atoms with Crippen molar-refractivity contribution in [1.82, 2.24) is 0 Å². The van der Waals surface area contributed by atoms with Crippen molar-refractivity contribution in [2.24, 2.45) is 5.11 Å². The first-order valence-electron chi connectivity index (χ1n) is 5.18. The summed E-state index contributed by atoms with van der Waals surface area (Å²) in [6, 6.07) is 4.18. The van der Waals surface area contributed by atoms with E-state index < -0.39 is 18.2 Å². The van der Waals surface area contributed by atoms with Gasteiger partial charge in [0.15, 0.2) is 0 Å². The van der Waals surface area contributed by atoms with Crippen molar-refractivity contribution in [2.75, 3.05) is 6.54 Å². The van der Waals surface area contributed by atoms with Crippen molar-refractivity contribution in [3.05, 3.63) is 45.3 Å². The zero-order valence-corrected chi connectivity index (χ0v) is 9.69. The number of aromatic carboxylic acids is 1. The van der Waals surface area contributed by atoms with E-state index in [-0.39, 0.29) is 12.1 Å². The second-order valence-corrected chi connectivity index (χ2v) is 3.80. The molecule has 0 saturated carbocycles. The number of aliphatic hydroxyl groups excluding tert-OH is 2. The standard InChI is InChI=1S/C11H13N3O4/c1-6-4-7(11(17)18)2-3-8(6)10(16)9(15)5-13-14-12/h2-4,9-10,15-16H,5H2,1H3,(H,17,18). The molecular weight excluding hydrogens is 238 g/mol. The molecule has 0 aliphatic rings. The summed E-state index contributed by atoms with van der Waals surface area (Å²) in [6.07, 6.45) is -2.45. The fourth-order valence-corrected chi connectivity index (χ4v) is 1.57. The number of hydrogen-bond donors (Lipinski definition) is 3. The molecule has 1 rings (SSSR count). The van der Waals surface area contributed by atoms with Crippen molar-refractivity contribution in [3.63, 3.8) is 0 Å². The molecule has 3 N–H and O–H groups in total. The van der Waals surface area contributed by atoms with Crippen molar-refractivity contribution < 1.29 is 20.1 Å². The normalized spacial score (nSPS) is 13.5. The van der Waals surface area contributed by atoms with Crippen LogP contribution >= 0.6 is 0 Å². The number of azide groups is 1. The number of aliphatic hydroxyl groups is 2. The van der Waals surface area contributed by atoms with Crippen LogP contribution in [0.25, 0.3) is 10.4 Å². The largest absolute Gasteiger partial charge is 0.478 e. The van der Waals surface area contributed by atoms with Crippen LogP contribution < -0.4 is 0 Å². The topological polar surface area (TPSA) is 127 Å². The van der Waals surface area contributed by atoms with Gasteiger partial charge in [-0.25, -0.2) is 4.79 Å². The van der Waals surface area contributed by atoms with E-state index in [1.165, 1.54) is 18.2 Å². The number of carbonyl (C=O) groups is 1. The first kappa shape index (κ1) is 14.0. The van der Waals surface area contributed by atoms with Gasteiger partial charge in [-0.1, -0.05) is 11.2 Å². The Morgan fingerprint density at radius 1 is 1.50 bits per heavy atom. The lowest BCUT2D eigenvalue weighted by atomic mass is 9.97. The Kier molecular flexibility index (Phi) is 4.67. The van der Waals surface area contributed by atoms with Crippen LogP contribution in [0.4, 0.5) is 0 Å². The average molecular weight is 251 g/mol. The summed E-state index contributed by atoms with van der Waals surface area (Å²) in [6.45, 7) is 1.38. The fourth-order valence-electron chi connectivity index (χ4n) is 1.57. The third kappa shape index (κ3) is 3.21. The van der Waals surface area contributed by atoms with Gasteiger partial charge in [0, 0.05) is 4.91 Å². The van der Waals surface area contributed by atoms with E-state index in [4.69, 9.17) is 10.6 Å². The monoisotopic (exact) mass is 251 g/mol. The van der Waals surface area contributed by atoms with E-state index in [1.807, 2.05) is 0 Å². The molecule has 7 nitrogen and oxygen atoms in total. The molecule has 2 atom stereocenters. The van der Waals surface area contributed by atoms with Gasteiger partial charge in [0.05, 0.1) is 18.2 Å². The molecule has 96 valence electrons. The second-order valence-electron chi connectivity index (χ2n) is 3.80. The van der Waals surface area contributed by atoms with Gasteiger partial charge in [0.2, 0.25) is 0 Å². The van der Waals surface area contributed by atoms with Crippen LogP contribution in [0.2, 0.25) is 0 Å².